The van der Waals surface area contributed by atoms with Crippen molar-refractivity contribution in [1.82, 2.24) is 4.98 Å². The smallest absolute Gasteiger partial charge is 0.156 e. The lowest BCUT2D eigenvalue weighted by Gasteiger charge is -1.98. The van der Waals surface area contributed by atoms with Crippen molar-refractivity contribution in [3.05, 3.63) is 22.9 Å². The topological polar surface area (TPSA) is 22.1 Å². The maximum absolute atomic E-state index is 5.11. The van der Waals surface area contributed by atoms with Crippen molar-refractivity contribution in [2.75, 3.05) is 6.26 Å². The zero-order valence-electron chi connectivity index (χ0n) is 5.37. The molecule has 54 valence electrons. The van der Waals surface area contributed by atoms with Crippen molar-refractivity contribution in [2.24, 2.45) is 0 Å². The number of rotatable bonds is 2. The SMILES string of the molecule is CSOc1cncc(Br)c1. The first-order valence-corrected chi connectivity index (χ1v) is 4.58. The van der Waals surface area contributed by atoms with E-state index < -0.39 is 0 Å². The number of nitrogens with zero attached hydrogens (tertiary/aromatic N) is 1. The number of aromatic nitrogens is 1. The molecule has 0 aliphatic carbocycles. The third-order valence-electron chi connectivity index (χ3n) is 0.859. The Hall–Kier alpha value is -0.220. The summed E-state index contributed by atoms with van der Waals surface area (Å²) >= 11 is 4.58. The largest absolute Gasteiger partial charge is 0.424 e. The number of halogens is 1. The van der Waals surface area contributed by atoms with E-state index >= 15 is 0 Å². The fourth-order valence-corrected chi connectivity index (χ4v) is 1.16. The molecule has 1 heterocycles. The van der Waals surface area contributed by atoms with Gasteiger partial charge in [0, 0.05) is 16.9 Å². The van der Waals surface area contributed by atoms with Crippen molar-refractivity contribution in [3.63, 3.8) is 0 Å². The van der Waals surface area contributed by atoms with Crippen LogP contribution in [-0.4, -0.2) is 11.2 Å². The molecule has 0 atom stereocenters. The molecule has 0 bridgehead atoms. The van der Waals surface area contributed by atoms with E-state index in [0.717, 1.165) is 10.2 Å². The lowest BCUT2D eigenvalue weighted by Crippen LogP contribution is -1.80. The second-order valence-electron chi connectivity index (χ2n) is 1.59. The predicted molar refractivity (Wildman–Crippen MR) is 46.1 cm³/mol. The Bertz CT molecular complexity index is 219. The Labute approximate surface area is 72.3 Å². The van der Waals surface area contributed by atoms with Gasteiger partial charge < -0.3 is 4.18 Å². The summed E-state index contributed by atoms with van der Waals surface area (Å²) in [5.74, 6) is 0.766. The van der Waals surface area contributed by atoms with Crippen LogP contribution in [0.1, 0.15) is 0 Å². The van der Waals surface area contributed by atoms with Crippen LogP contribution >= 0.6 is 28.0 Å². The van der Waals surface area contributed by atoms with Crippen LogP contribution in [0.25, 0.3) is 0 Å². The van der Waals surface area contributed by atoms with Crippen molar-refractivity contribution in [1.29, 1.82) is 0 Å². The molecular weight excluding hydrogens is 214 g/mol. The Morgan fingerprint density at radius 3 is 3.00 bits per heavy atom. The molecule has 0 fully saturated rings. The van der Waals surface area contributed by atoms with E-state index in [1.165, 1.54) is 12.0 Å². The normalized spacial score (nSPS) is 9.40. The summed E-state index contributed by atoms with van der Waals surface area (Å²) < 4.78 is 6.04. The van der Waals surface area contributed by atoms with Gasteiger partial charge in [-0.1, -0.05) is 0 Å². The molecule has 2 nitrogen and oxygen atoms in total. The van der Waals surface area contributed by atoms with Gasteiger partial charge in [0.1, 0.15) is 0 Å². The van der Waals surface area contributed by atoms with E-state index in [1.807, 2.05) is 12.3 Å². The molecule has 0 saturated carbocycles. The molecule has 0 amide bonds. The Morgan fingerprint density at radius 1 is 1.60 bits per heavy atom. The average Bonchev–Trinajstić information content (AvgIpc) is 1.88. The van der Waals surface area contributed by atoms with Gasteiger partial charge in [0.05, 0.1) is 18.2 Å². The summed E-state index contributed by atoms with van der Waals surface area (Å²) in [4.78, 5) is 3.92. The van der Waals surface area contributed by atoms with Crippen LogP contribution in [0.5, 0.6) is 5.75 Å². The van der Waals surface area contributed by atoms with Gasteiger partial charge in [-0.3, -0.25) is 4.98 Å². The highest BCUT2D eigenvalue weighted by molar-refractivity contribution is 9.10. The average molecular weight is 220 g/mol. The first-order chi connectivity index (χ1) is 4.83. The maximum Gasteiger partial charge on any atom is 0.156 e. The van der Waals surface area contributed by atoms with E-state index in [2.05, 4.69) is 20.9 Å². The zero-order chi connectivity index (χ0) is 7.40. The molecule has 1 aromatic heterocycles. The van der Waals surface area contributed by atoms with Gasteiger partial charge in [0.25, 0.3) is 0 Å². The molecule has 0 unspecified atom stereocenters. The minimum atomic E-state index is 0.766. The summed E-state index contributed by atoms with van der Waals surface area (Å²) in [7, 11) is 0. The highest BCUT2D eigenvalue weighted by Gasteiger charge is 1.92. The van der Waals surface area contributed by atoms with Crippen molar-refractivity contribution < 1.29 is 4.18 Å². The second-order valence-corrected chi connectivity index (χ2v) is 3.00. The molecule has 0 saturated heterocycles. The summed E-state index contributed by atoms with van der Waals surface area (Å²) in [6.45, 7) is 0. The van der Waals surface area contributed by atoms with Crippen LogP contribution in [0, 0.1) is 0 Å². The standard InChI is InChI=1S/C6H6BrNOS/c1-10-9-6-2-5(7)3-8-4-6/h2-4H,1H3. The van der Waals surface area contributed by atoms with Gasteiger partial charge in [0.15, 0.2) is 5.75 Å². The Kier molecular flexibility index (Phi) is 3.02. The van der Waals surface area contributed by atoms with Crippen LogP contribution in [0.2, 0.25) is 0 Å². The monoisotopic (exact) mass is 219 g/mol. The van der Waals surface area contributed by atoms with Crippen molar-refractivity contribution in [3.8, 4) is 5.75 Å². The van der Waals surface area contributed by atoms with Gasteiger partial charge >= 0.3 is 0 Å². The van der Waals surface area contributed by atoms with Crippen LogP contribution in [0.15, 0.2) is 22.9 Å². The third-order valence-corrected chi connectivity index (χ3v) is 1.65. The molecule has 10 heavy (non-hydrogen) atoms. The highest BCUT2D eigenvalue weighted by Crippen LogP contribution is 2.18. The quantitative estimate of drug-likeness (QED) is 0.715. The van der Waals surface area contributed by atoms with Crippen LogP contribution in [0.3, 0.4) is 0 Å². The van der Waals surface area contributed by atoms with Crippen LogP contribution < -0.4 is 4.18 Å². The summed E-state index contributed by atoms with van der Waals surface area (Å²) in [5.41, 5.74) is 0. The molecule has 4 heteroatoms. The molecule has 0 radical (unpaired) electrons. The molecule has 1 aromatic rings. The van der Waals surface area contributed by atoms with Crippen LogP contribution in [-0.2, 0) is 0 Å². The number of pyridine rings is 1. The van der Waals surface area contributed by atoms with Crippen molar-refractivity contribution in [2.45, 2.75) is 0 Å². The number of hydrogen-bond donors (Lipinski definition) is 0. The first kappa shape index (κ1) is 7.88. The van der Waals surface area contributed by atoms with Gasteiger partial charge in [-0.25, -0.2) is 0 Å². The molecule has 0 spiro atoms. The number of hydrogen-bond acceptors (Lipinski definition) is 3. The van der Waals surface area contributed by atoms with Gasteiger partial charge in [0.2, 0.25) is 0 Å². The molecule has 0 aliphatic heterocycles. The van der Waals surface area contributed by atoms with E-state index in [-0.39, 0.29) is 0 Å². The minimum absolute atomic E-state index is 0.766. The van der Waals surface area contributed by atoms with E-state index in [4.69, 9.17) is 4.18 Å². The Morgan fingerprint density at radius 2 is 2.40 bits per heavy atom. The molecule has 0 N–H and O–H groups in total. The fraction of sp³-hybridized carbons (Fsp3) is 0.167. The molecule has 0 aliphatic rings. The third kappa shape index (κ3) is 2.19. The molecular formula is C6H6BrNOS. The van der Waals surface area contributed by atoms with Crippen LogP contribution in [0.4, 0.5) is 0 Å². The predicted octanol–water partition coefficient (Wildman–Crippen LogP) is 2.50. The molecule has 0 aromatic carbocycles. The lowest BCUT2D eigenvalue weighted by molar-refractivity contribution is 0.645. The van der Waals surface area contributed by atoms with Gasteiger partial charge in [-0.05, 0) is 22.0 Å². The Balaban J connectivity index is 2.75. The summed E-state index contributed by atoms with van der Waals surface area (Å²) in [6, 6.07) is 1.86. The first-order valence-electron chi connectivity index (χ1n) is 2.64. The van der Waals surface area contributed by atoms with Gasteiger partial charge in [-0.2, -0.15) is 0 Å². The fourth-order valence-electron chi connectivity index (χ4n) is 0.534. The zero-order valence-corrected chi connectivity index (χ0v) is 7.78. The van der Waals surface area contributed by atoms with E-state index in [1.54, 1.807) is 12.4 Å². The van der Waals surface area contributed by atoms with Gasteiger partial charge in [-0.15, -0.1) is 0 Å². The van der Waals surface area contributed by atoms with E-state index in [9.17, 15) is 0 Å². The second kappa shape index (κ2) is 3.83. The minimum Gasteiger partial charge on any atom is -0.424 e. The molecule has 1 rings (SSSR count). The van der Waals surface area contributed by atoms with Crippen molar-refractivity contribution >= 4 is 28.0 Å². The maximum atomic E-state index is 5.11. The summed E-state index contributed by atoms with van der Waals surface area (Å²) in [6.07, 6.45) is 5.25. The summed E-state index contributed by atoms with van der Waals surface area (Å²) in [5, 5.41) is 0. The highest BCUT2D eigenvalue weighted by atomic mass is 79.9. The lowest BCUT2D eigenvalue weighted by atomic mass is 10.5. The van der Waals surface area contributed by atoms with E-state index in [0.29, 0.717) is 0 Å².